The monoisotopic (exact) mass is 254 g/mol. The number of rotatable bonds is 2. The van der Waals surface area contributed by atoms with Crippen molar-refractivity contribution in [2.24, 2.45) is 0 Å². The van der Waals surface area contributed by atoms with Crippen LogP contribution in [0.3, 0.4) is 0 Å². The van der Waals surface area contributed by atoms with Crippen LogP contribution in [0.25, 0.3) is 0 Å². The topological polar surface area (TPSA) is 24.9 Å². The highest BCUT2D eigenvalue weighted by Crippen LogP contribution is 2.38. The average Bonchev–Trinajstić information content (AvgIpc) is 2.99. The minimum atomic E-state index is 0.0120. The molecule has 0 amide bonds. The molecule has 3 heterocycles. The van der Waals surface area contributed by atoms with Crippen LogP contribution in [0.4, 0.5) is 0 Å². The number of ether oxygens (including phenoxy) is 2. The lowest BCUT2D eigenvalue weighted by Gasteiger charge is -2.35. The summed E-state index contributed by atoms with van der Waals surface area (Å²) in [5, 5.41) is 0. The van der Waals surface area contributed by atoms with Crippen LogP contribution in [0.2, 0.25) is 0 Å². The molecule has 0 aromatic rings. The lowest BCUT2D eigenvalue weighted by Crippen LogP contribution is -2.44. The van der Waals surface area contributed by atoms with Crippen molar-refractivity contribution in [1.29, 1.82) is 0 Å². The molecule has 1 spiro atoms. The van der Waals surface area contributed by atoms with E-state index < -0.39 is 0 Å². The van der Waals surface area contributed by atoms with Gasteiger partial charge in [0.15, 0.2) is 0 Å². The Morgan fingerprint density at radius 3 is 2.67 bits per heavy atom. The zero-order chi connectivity index (χ0) is 12.6. The summed E-state index contributed by atoms with van der Waals surface area (Å²) in [6, 6.07) is 0.738. The second kappa shape index (κ2) is 5.08. The molecule has 0 saturated carbocycles. The van der Waals surface area contributed by atoms with Crippen LogP contribution < -0.4 is 0 Å². The predicted octanol–water partition coefficient (Wildman–Crippen LogP) is 0.960. The van der Waals surface area contributed by atoms with Gasteiger partial charge in [0, 0.05) is 32.8 Å². The molecule has 4 heteroatoms. The quantitative estimate of drug-likeness (QED) is 0.733. The minimum Gasteiger partial charge on any atom is -0.377 e. The fourth-order valence-electron chi connectivity index (χ4n) is 3.91. The van der Waals surface area contributed by atoms with E-state index in [9.17, 15) is 0 Å². The number of nitrogens with zero attached hydrogens (tertiary/aromatic N) is 2. The van der Waals surface area contributed by atoms with Crippen molar-refractivity contribution in [1.82, 2.24) is 9.80 Å². The van der Waals surface area contributed by atoms with Gasteiger partial charge in [0.2, 0.25) is 0 Å². The van der Waals surface area contributed by atoms with E-state index in [0.29, 0.717) is 0 Å². The number of likely N-dealkylation sites (tertiary alicyclic amines) is 2. The van der Waals surface area contributed by atoms with Gasteiger partial charge >= 0.3 is 0 Å². The van der Waals surface area contributed by atoms with E-state index in [1.807, 2.05) is 7.11 Å². The van der Waals surface area contributed by atoms with Gasteiger partial charge in [-0.3, -0.25) is 4.90 Å². The molecule has 3 aliphatic heterocycles. The Balaban J connectivity index is 1.65. The van der Waals surface area contributed by atoms with Crippen molar-refractivity contribution in [2.45, 2.75) is 43.4 Å². The third-order valence-electron chi connectivity index (χ3n) is 5.08. The van der Waals surface area contributed by atoms with E-state index in [-0.39, 0.29) is 11.7 Å². The first-order chi connectivity index (χ1) is 8.73. The summed E-state index contributed by atoms with van der Waals surface area (Å²) >= 11 is 0. The van der Waals surface area contributed by atoms with Gasteiger partial charge in [-0.1, -0.05) is 0 Å². The molecular formula is C14H26N2O2. The Labute approximate surface area is 110 Å². The van der Waals surface area contributed by atoms with Gasteiger partial charge in [-0.05, 0) is 45.8 Å². The van der Waals surface area contributed by atoms with Crippen molar-refractivity contribution in [2.75, 3.05) is 46.9 Å². The third kappa shape index (κ3) is 2.20. The van der Waals surface area contributed by atoms with E-state index in [1.54, 1.807) is 0 Å². The molecule has 0 aromatic carbocycles. The molecule has 3 saturated heterocycles. The Morgan fingerprint density at radius 2 is 2.06 bits per heavy atom. The van der Waals surface area contributed by atoms with Crippen molar-refractivity contribution in [3.63, 3.8) is 0 Å². The molecule has 2 atom stereocenters. The molecular weight excluding hydrogens is 228 g/mol. The molecule has 18 heavy (non-hydrogen) atoms. The first-order valence-corrected chi connectivity index (χ1v) is 7.33. The second-order valence-electron chi connectivity index (χ2n) is 6.21. The molecule has 0 aromatic heterocycles. The fourth-order valence-corrected chi connectivity index (χ4v) is 3.91. The SMILES string of the molecule is CO[C@H]1CN(C2CCN(C)CC2)C[C@@]12CCCO2. The van der Waals surface area contributed by atoms with E-state index in [0.717, 1.165) is 25.7 Å². The molecule has 3 rings (SSSR count). The standard InChI is InChI=1S/C14H26N2O2/c1-15-7-4-12(5-8-15)16-10-13(17-2)14(11-16)6-3-9-18-14/h12-13H,3-11H2,1-2H3/t13-,14-/m0/s1. The van der Waals surface area contributed by atoms with Gasteiger partial charge in [-0.2, -0.15) is 0 Å². The van der Waals surface area contributed by atoms with E-state index in [2.05, 4.69) is 16.8 Å². The lowest BCUT2D eigenvalue weighted by atomic mass is 9.96. The summed E-state index contributed by atoms with van der Waals surface area (Å²) in [5.41, 5.74) is 0.0120. The predicted molar refractivity (Wildman–Crippen MR) is 70.8 cm³/mol. The molecule has 104 valence electrons. The van der Waals surface area contributed by atoms with Crippen molar-refractivity contribution >= 4 is 0 Å². The Bertz CT molecular complexity index is 284. The Kier molecular flexibility index (Phi) is 3.63. The van der Waals surface area contributed by atoms with Gasteiger partial charge in [-0.25, -0.2) is 0 Å². The molecule has 0 N–H and O–H groups in total. The van der Waals surface area contributed by atoms with Gasteiger partial charge in [0.25, 0.3) is 0 Å². The third-order valence-corrected chi connectivity index (χ3v) is 5.08. The number of piperidine rings is 1. The molecule has 0 aliphatic carbocycles. The normalized spacial score (nSPS) is 40.0. The summed E-state index contributed by atoms with van der Waals surface area (Å²) in [6.45, 7) is 5.52. The number of methoxy groups -OCH3 is 1. The van der Waals surface area contributed by atoms with Crippen LogP contribution in [0, 0.1) is 0 Å². The largest absolute Gasteiger partial charge is 0.377 e. The molecule has 0 radical (unpaired) electrons. The zero-order valence-corrected chi connectivity index (χ0v) is 11.7. The van der Waals surface area contributed by atoms with Crippen LogP contribution in [0.15, 0.2) is 0 Å². The summed E-state index contributed by atoms with van der Waals surface area (Å²) in [4.78, 5) is 5.06. The van der Waals surface area contributed by atoms with Crippen LogP contribution in [0.5, 0.6) is 0 Å². The van der Waals surface area contributed by atoms with E-state index in [1.165, 1.54) is 38.8 Å². The van der Waals surface area contributed by atoms with Crippen molar-refractivity contribution in [3.05, 3.63) is 0 Å². The number of hydrogen-bond acceptors (Lipinski definition) is 4. The van der Waals surface area contributed by atoms with Crippen LogP contribution in [0.1, 0.15) is 25.7 Å². The van der Waals surface area contributed by atoms with Crippen molar-refractivity contribution in [3.8, 4) is 0 Å². The Hall–Kier alpha value is -0.160. The van der Waals surface area contributed by atoms with Gasteiger partial charge < -0.3 is 14.4 Å². The maximum atomic E-state index is 6.07. The van der Waals surface area contributed by atoms with Crippen LogP contribution >= 0.6 is 0 Å². The molecule has 3 aliphatic rings. The van der Waals surface area contributed by atoms with E-state index >= 15 is 0 Å². The highest BCUT2D eigenvalue weighted by atomic mass is 16.6. The fraction of sp³-hybridized carbons (Fsp3) is 1.00. The summed E-state index contributed by atoms with van der Waals surface area (Å²) in [6.07, 6.45) is 5.24. The summed E-state index contributed by atoms with van der Waals surface area (Å²) in [7, 11) is 4.06. The van der Waals surface area contributed by atoms with Gasteiger partial charge in [-0.15, -0.1) is 0 Å². The number of hydrogen-bond donors (Lipinski definition) is 0. The van der Waals surface area contributed by atoms with E-state index in [4.69, 9.17) is 9.47 Å². The first-order valence-electron chi connectivity index (χ1n) is 7.33. The summed E-state index contributed by atoms with van der Waals surface area (Å²) < 4.78 is 11.8. The Morgan fingerprint density at radius 1 is 1.28 bits per heavy atom. The molecule has 4 nitrogen and oxygen atoms in total. The summed E-state index contributed by atoms with van der Waals surface area (Å²) in [5.74, 6) is 0. The highest BCUT2D eigenvalue weighted by Gasteiger charge is 2.51. The second-order valence-corrected chi connectivity index (χ2v) is 6.21. The zero-order valence-electron chi connectivity index (χ0n) is 11.7. The molecule has 0 bridgehead atoms. The molecule has 3 fully saturated rings. The smallest absolute Gasteiger partial charge is 0.108 e. The van der Waals surface area contributed by atoms with Crippen LogP contribution in [-0.2, 0) is 9.47 Å². The van der Waals surface area contributed by atoms with Crippen molar-refractivity contribution < 1.29 is 9.47 Å². The highest BCUT2D eigenvalue weighted by molar-refractivity contribution is 5.04. The first kappa shape index (κ1) is 12.9. The molecule has 0 unspecified atom stereocenters. The maximum Gasteiger partial charge on any atom is 0.108 e. The van der Waals surface area contributed by atoms with Gasteiger partial charge in [0.1, 0.15) is 5.60 Å². The average molecular weight is 254 g/mol. The minimum absolute atomic E-state index is 0.0120. The lowest BCUT2D eigenvalue weighted by molar-refractivity contribution is -0.0759. The van der Waals surface area contributed by atoms with Gasteiger partial charge in [0.05, 0.1) is 6.10 Å². The maximum absolute atomic E-state index is 6.07. The van der Waals surface area contributed by atoms with Crippen LogP contribution in [-0.4, -0.2) is 74.5 Å².